The van der Waals surface area contributed by atoms with Gasteiger partial charge in [-0.25, -0.2) is 4.79 Å². The predicted octanol–water partition coefficient (Wildman–Crippen LogP) is 3.29. The first-order valence-corrected chi connectivity index (χ1v) is 10.3. The van der Waals surface area contributed by atoms with Gasteiger partial charge in [-0.2, -0.15) is 0 Å². The monoisotopic (exact) mass is 383 g/mol. The fraction of sp³-hybridized carbons (Fsp3) is 0.571. The van der Waals surface area contributed by atoms with Crippen molar-refractivity contribution >= 4 is 6.03 Å². The van der Waals surface area contributed by atoms with Gasteiger partial charge in [-0.15, -0.1) is 0 Å². The molecule has 1 atom stereocenters. The number of hydrogen-bond acceptors (Lipinski definition) is 5. The number of nitrogens with one attached hydrogen (secondary N) is 1. The Morgan fingerprint density at radius 1 is 1.25 bits per heavy atom. The molecular weight excluding hydrogens is 354 g/mol. The van der Waals surface area contributed by atoms with Crippen LogP contribution >= 0.6 is 0 Å². The first kappa shape index (κ1) is 18.9. The molecule has 1 aliphatic heterocycles. The quantitative estimate of drug-likeness (QED) is 0.858. The zero-order valence-electron chi connectivity index (χ0n) is 16.5. The van der Waals surface area contributed by atoms with Crippen molar-refractivity contribution < 1.29 is 9.32 Å². The van der Waals surface area contributed by atoms with E-state index in [9.17, 15) is 4.79 Å². The minimum Gasteiger partial charge on any atom is -0.359 e. The van der Waals surface area contributed by atoms with E-state index in [0.29, 0.717) is 12.3 Å². The molecule has 1 N–H and O–H groups in total. The van der Waals surface area contributed by atoms with Crippen molar-refractivity contribution in [2.24, 2.45) is 0 Å². The Morgan fingerprint density at radius 3 is 2.82 bits per heavy atom. The third-order valence-electron chi connectivity index (χ3n) is 5.90. The molecular formula is C21H29N5O2. The summed E-state index contributed by atoms with van der Waals surface area (Å²) >= 11 is 0. The lowest BCUT2D eigenvalue weighted by Crippen LogP contribution is -2.52. The van der Waals surface area contributed by atoms with Crippen molar-refractivity contribution in [1.29, 1.82) is 0 Å². The lowest BCUT2D eigenvalue weighted by Gasteiger charge is -2.37. The van der Waals surface area contributed by atoms with Gasteiger partial charge in [0.2, 0.25) is 0 Å². The molecule has 1 aliphatic carbocycles. The number of carbonyl (C=O) groups is 1. The highest BCUT2D eigenvalue weighted by atomic mass is 16.5. The topological polar surface area (TPSA) is 74.5 Å². The predicted molar refractivity (Wildman–Crippen MR) is 107 cm³/mol. The van der Waals surface area contributed by atoms with Crippen LogP contribution in [0, 0.1) is 0 Å². The summed E-state index contributed by atoms with van der Waals surface area (Å²) in [5.74, 6) is 0.667. The number of piperidine rings is 1. The van der Waals surface area contributed by atoms with E-state index < -0.39 is 0 Å². The van der Waals surface area contributed by atoms with Crippen LogP contribution < -0.4 is 5.32 Å². The van der Waals surface area contributed by atoms with Gasteiger partial charge >= 0.3 is 6.03 Å². The van der Waals surface area contributed by atoms with Crippen LogP contribution in [0.2, 0.25) is 0 Å². The number of nitrogens with zero attached hydrogens (tertiary/aromatic N) is 4. The van der Waals surface area contributed by atoms with Crippen LogP contribution in [-0.2, 0) is 6.54 Å². The maximum atomic E-state index is 12.6. The van der Waals surface area contributed by atoms with Crippen LogP contribution in [0.1, 0.15) is 44.3 Å². The Bertz CT molecular complexity index is 772. The lowest BCUT2D eigenvalue weighted by molar-refractivity contribution is 0.134. The minimum absolute atomic E-state index is 0.0554. The summed E-state index contributed by atoms with van der Waals surface area (Å²) in [6.45, 7) is 2.53. The second kappa shape index (κ2) is 8.73. The van der Waals surface area contributed by atoms with E-state index in [1.807, 2.05) is 18.2 Å². The Morgan fingerprint density at radius 2 is 2.04 bits per heavy atom. The van der Waals surface area contributed by atoms with Gasteiger partial charge in [0, 0.05) is 49.7 Å². The van der Waals surface area contributed by atoms with Crippen molar-refractivity contribution in [3.05, 3.63) is 36.4 Å². The minimum atomic E-state index is -0.0554. The summed E-state index contributed by atoms with van der Waals surface area (Å²) in [7, 11) is 1.79. The van der Waals surface area contributed by atoms with Crippen molar-refractivity contribution in [1.82, 2.24) is 25.3 Å². The molecule has 1 saturated heterocycles. The SMILES string of the molecule is CN(Cc1cc(-c2ccncc2)no1)C(=O)NC1CCCN(C2CCCC2)C1. The Labute approximate surface area is 166 Å². The Balaban J connectivity index is 1.29. The number of urea groups is 1. The maximum Gasteiger partial charge on any atom is 0.317 e. The molecule has 0 spiro atoms. The third kappa shape index (κ3) is 4.52. The van der Waals surface area contributed by atoms with Gasteiger partial charge in [0.15, 0.2) is 5.76 Å². The maximum absolute atomic E-state index is 12.6. The number of rotatable bonds is 5. The molecule has 0 radical (unpaired) electrons. The molecule has 3 heterocycles. The van der Waals surface area contributed by atoms with Crippen LogP contribution in [0.5, 0.6) is 0 Å². The fourth-order valence-electron chi connectivity index (χ4n) is 4.36. The molecule has 4 rings (SSSR count). The first-order chi connectivity index (χ1) is 13.7. The summed E-state index contributed by atoms with van der Waals surface area (Å²) < 4.78 is 5.41. The van der Waals surface area contributed by atoms with E-state index in [1.165, 1.54) is 32.2 Å². The van der Waals surface area contributed by atoms with Crippen molar-refractivity contribution in [3.63, 3.8) is 0 Å². The molecule has 1 unspecified atom stereocenters. The number of carbonyl (C=O) groups excluding carboxylic acids is 1. The molecule has 0 bridgehead atoms. The highest BCUT2D eigenvalue weighted by molar-refractivity contribution is 5.74. The molecule has 1 saturated carbocycles. The second-order valence-electron chi connectivity index (χ2n) is 7.99. The van der Waals surface area contributed by atoms with Gasteiger partial charge in [0.1, 0.15) is 5.69 Å². The fourth-order valence-corrected chi connectivity index (χ4v) is 4.36. The van der Waals surface area contributed by atoms with Crippen molar-refractivity contribution in [3.8, 4) is 11.3 Å². The zero-order chi connectivity index (χ0) is 19.3. The Kier molecular flexibility index (Phi) is 5.90. The number of likely N-dealkylation sites (tertiary alicyclic amines) is 1. The number of amides is 2. The second-order valence-corrected chi connectivity index (χ2v) is 7.99. The van der Waals surface area contributed by atoms with Crippen LogP contribution in [0.15, 0.2) is 35.1 Å². The molecule has 28 heavy (non-hydrogen) atoms. The van der Waals surface area contributed by atoms with Crippen LogP contribution in [0.3, 0.4) is 0 Å². The van der Waals surface area contributed by atoms with Gasteiger partial charge in [-0.1, -0.05) is 18.0 Å². The molecule has 150 valence electrons. The van der Waals surface area contributed by atoms with E-state index in [2.05, 4.69) is 20.4 Å². The average molecular weight is 383 g/mol. The summed E-state index contributed by atoms with van der Waals surface area (Å²) in [6.07, 6.45) is 11.0. The molecule has 2 amide bonds. The van der Waals surface area contributed by atoms with Crippen molar-refractivity contribution in [2.45, 2.75) is 57.2 Å². The van der Waals surface area contributed by atoms with E-state index in [1.54, 1.807) is 24.3 Å². The smallest absolute Gasteiger partial charge is 0.317 e. The van der Waals surface area contributed by atoms with E-state index in [-0.39, 0.29) is 12.1 Å². The largest absolute Gasteiger partial charge is 0.359 e. The van der Waals surface area contributed by atoms with E-state index >= 15 is 0 Å². The van der Waals surface area contributed by atoms with Gasteiger partial charge in [-0.3, -0.25) is 9.88 Å². The van der Waals surface area contributed by atoms with E-state index in [0.717, 1.165) is 36.7 Å². The lowest BCUT2D eigenvalue weighted by atomic mass is 10.0. The molecule has 7 heteroatoms. The Hall–Kier alpha value is -2.41. The van der Waals surface area contributed by atoms with E-state index in [4.69, 9.17) is 4.52 Å². The molecule has 2 fully saturated rings. The summed E-state index contributed by atoms with van der Waals surface area (Å²) in [5.41, 5.74) is 1.71. The van der Waals surface area contributed by atoms with Gasteiger partial charge in [0.05, 0.1) is 6.54 Å². The van der Waals surface area contributed by atoms with Crippen LogP contribution in [0.4, 0.5) is 4.79 Å². The number of pyridine rings is 1. The summed E-state index contributed by atoms with van der Waals surface area (Å²) in [5, 5.41) is 7.31. The first-order valence-electron chi connectivity index (χ1n) is 10.3. The molecule has 2 aromatic rings. The highest BCUT2D eigenvalue weighted by Crippen LogP contribution is 2.26. The number of hydrogen-bond donors (Lipinski definition) is 1. The zero-order valence-corrected chi connectivity index (χ0v) is 16.5. The standard InChI is InChI=1S/C21H29N5O2/c1-25(15-19-13-20(24-28-19)16-8-10-22-11-9-16)21(27)23-17-5-4-12-26(14-17)18-6-2-3-7-18/h8-11,13,17-18H,2-7,12,14-15H2,1H3,(H,23,27). The van der Waals surface area contributed by atoms with Gasteiger partial charge in [0.25, 0.3) is 0 Å². The number of aromatic nitrogens is 2. The van der Waals surface area contributed by atoms with Gasteiger partial charge in [-0.05, 0) is 44.4 Å². The molecule has 7 nitrogen and oxygen atoms in total. The van der Waals surface area contributed by atoms with Crippen molar-refractivity contribution in [2.75, 3.05) is 20.1 Å². The summed E-state index contributed by atoms with van der Waals surface area (Å²) in [4.78, 5) is 20.9. The van der Waals surface area contributed by atoms with Crippen LogP contribution in [0.25, 0.3) is 11.3 Å². The van der Waals surface area contributed by atoms with Crippen LogP contribution in [-0.4, -0.2) is 58.2 Å². The highest BCUT2D eigenvalue weighted by Gasteiger charge is 2.29. The molecule has 2 aromatic heterocycles. The third-order valence-corrected chi connectivity index (χ3v) is 5.90. The average Bonchev–Trinajstić information content (AvgIpc) is 3.41. The van der Waals surface area contributed by atoms with Gasteiger partial charge < -0.3 is 14.7 Å². The summed E-state index contributed by atoms with van der Waals surface area (Å²) in [6, 6.07) is 6.54. The molecule has 0 aromatic carbocycles. The molecule has 2 aliphatic rings. The normalized spacial score (nSPS) is 21.0.